The Labute approximate surface area is 179 Å². The van der Waals surface area contributed by atoms with E-state index in [0.29, 0.717) is 22.8 Å². The minimum absolute atomic E-state index is 0.217. The van der Waals surface area contributed by atoms with Crippen LogP contribution in [0.3, 0.4) is 0 Å². The standard InChI is InChI=1S/C23H23N5O3/c1-5-19-20(15-6-10-17(30-3)11-7-15)22-26-25-21(14(2)28(22)27-19)23(29)24-16-8-12-18(31-4)13-9-16/h6-13H,5H2,1-4H3,(H,24,29). The minimum atomic E-state index is -0.350. The molecule has 0 bridgehead atoms. The van der Waals surface area contributed by atoms with E-state index in [9.17, 15) is 4.79 Å². The number of aryl methyl sites for hydroxylation is 2. The van der Waals surface area contributed by atoms with Crippen molar-refractivity contribution in [3.05, 3.63) is 65.6 Å². The van der Waals surface area contributed by atoms with E-state index in [1.807, 2.05) is 38.1 Å². The van der Waals surface area contributed by atoms with Gasteiger partial charge in [0.2, 0.25) is 0 Å². The third kappa shape index (κ3) is 3.79. The van der Waals surface area contributed by atoms with E-state index in [1.165, 1.54) is 0 Å². The SMILES string of the molecule is CCc1nn2c(C)c(C(=O)Nc3ccc(OC)cc3)nnc2c1-c1ccc(OC)cc1. The number of nitrogens with one attached hydrogen (secondary N) is 1. The molecule has 4 rings (SSSR count). The zero-order chi connectivity index (χ0) is 22.0. The van der Waals surface area contributed by atoms with Gasteiger partial charge < -0.3 is 14.8 Å². The number of ether oxygens (including phenoxy) is 2. The van der Waals surface area contributed by atoms with Gasteiger partial charge in [-0.05, 0) is 55.3 Å². The van der Waals surface area contributed by atoms with Crippen molar-refractivity contribution in [2.24, 2.45) is 0 Å². The van der Waals surface area contributed by atoms with Crippen LogP contribution in [0.4, 0.5) is 5.69 Å². The molecule has 158 valence electrons. The smallest absolute Gasteiger partial charge is 0.278 e. The molecule has 0 unspecified atom stereocenters. The molecule has 0 radical (unpaired) electrons. The zero-order valence-corrected chi connectivity index (χ0v) is 17.8. The van der Waals surface area contributed by atoms with Crippen molar-refractivity contribution in [2.45, 2.75) is 20.3 Å². The molecule has 0 aliphatic heterocycles. The van der Waals surface area contributed by atoms with E-state index in [0.717, 1.165) is 29.0 Å². The molecule has 1 amide bonds. The number of nitrogens with zero attached hydrogens (tertiary/aromatic N) is 4. The van der Waals surface area contributed by atoms with Crippen LogP contribution in [0.2, 0.25) is 0 Å². The number of hydrogen-bond donors (Lipinski definition) is 1. The lowest BCUT2D eigenvalue weighted by atomic mass is 10.0. The predicted octanol–water partition coefficient (Wildman–Crippen LogP) is 3.93. The largest absolute Gasteiger partial charge is 0.497 e. The lowest BCUT2D eigenvalue weighted by molar-refractivity contribution is 0.102. The fraction of sp³-hybridized carbons (Fsp3) is 0.217. The van der Waals surface area contributed by atoms with Crippen molar-refractivity contribution < 1.29 is 14.3 Å². The first-order valence-electron chi connectivity index (χ1n) is 9.90. The third-order valence-electron chi connectivity index (χ3n) is 5.12. The van der Waals surface area contributed by atoms with Gasteiger partial charge in [0.05, 0.1) is 31.2 Å². The Balaban J connectivity index is 1.72. The van der Waals surface area contributed by atoms with Gasteiger partial charge in [-0.15, -0.1) is 10.2 Å². The quantitative estimate of drug-likeness (QED) is 0.511. The summed E-state index contributed by atoms with van der Waals surface area (Å²) in [5, 5.41) is 16.1. The van der Waals surface area contributed by atoms with Crippen LogP contribution >= 0.6 is 0 Å². The number of carbonyl (C=O) groups excluding carboxylic acids is 1. The second kappa shape index (κ2) is 8.43. The molecule has 0 aliphatic rings. The normalized spacial score (nSPS) is 10.8. The first-order chi connectivity index (χ1) is 15.0. The third-order valence-corrected chi connectivity index (χ3v) is 5.12. The van der Waals surface area contributed by atoms with Crippen LogP contribution in [-0.4, -0.2) is 39.9 Å². The van der Waals surface area contributed by atoms with Crippen molar-refractivity contribution >= 4 is 17.2 Å². The molecule has 0 saturated carbocycles. The highest BCUT2D eigenvalue weighted by Gasteiger charge is 2.21. The number of hydrogen-bond acceptors (Lipinski definition) is 6. The van der Waals surface area contributed by atoms with Gasteiger partial charge in [-0.1, -0.05) is 19.1 Å². The average molecular weight is 417 g/mol. The lowest BCUT2D eigenvalue weighted by Crippen LogP contribution is -2.18. The Morgan fingerprint density at radius 3 is 2.16 bits per heavy atom. The number of amides is 1. The summed E-state index contributed by atoms with van der Waals surface area (Å²) in [7, 11) is 3.23. The highest BCUT2D eigenvalue weighted by molar-refractivity contribution is 6.03. The first-order valence-corrected chi connectivity index (χ1v) is 9.90. The van der Waals surface area contributed by atoms with E-state index >= 15 is 0 Å². The maximum absolute atomic E-state index is 12.8. The number of rotatable bonds is 6. The number of benzene rings is 2. The maximum atomic E-state index is 12.8. The van der Waals surface area contributed by atoms with Gasteiger partial charge in [0, 0.05) is 5.69 Å². The summed E-state index contributed by atoms with van der Waals surface area (Å²) in [6.07, 6.45) is 0.720. The molecule has 2 heterocycles. The minimum Gasteiger partial charge on any atom is -0.497 e. The van der Waals surface area contributed by atoms with Gasteiger partial charge in [-0.25, -0.2) is 4.52 Å². The summed E-state index contributed by atoms with van der Waals surface area (Å²) in [6, 6.07) is 14.8. The Kier molecular flexibility index (Phi) is 5.53. The summed E-state index contributed by atoms with van der Waals surface area (Å²) < 4.78 is 12.1. The van der Waals surface area contributed by atoms with Crippen molar-refractivity contribution in [3.8, 4) is 22.6 Å². The molecule has 8 heteroatoms. The summed E-state index contributed by atoms with van der Waals surface area (Å²) >= 11 is 0. The Hall–Kier alpha value is -3.94. The van der Waals surface area contributed by atoms with E-state index in [2.05, 4.69) is 15.5 Å². The molecule has 2 aromatic heterocycles. The fourth-order valence-electron chi connectivity index (χ4n) is 3.42. The number of carbonyl (C=O) groups is 1. The topological polar surface area (TPSA) is 90.6 Å². The highest BCUT2D eigenvalue weighted by Crippen LogP contribution is 2.30. The monoisotopic (exact) mass is 417 g/mol. The lowest BCUT2D eigenvalue weighted by Gasteiger charge is -2.08. The molecule has 8 nitrogen and oxygen atoms in total. The molecule has 4 aromatic rings. The molecule has 0 saturated heterocycles. The number of fused-ring (bicyclic) bond motifs is 1. The summed E-state index contributed by atoms with van der Waals surface area (Å²) in [5.74, 6) is 1.14. The molecule has 0 atom stereocenters. The first kappa shape index (κ1) is 20.3. The van der Waals surface area contributed by atoms with Gasteiger partial charge in [-0.3, -0.25) is 4.79 Å². The van der Waals surface area contributed by atoms with Crippen molar-refractivity contribution in [2.75, 3.05) is 19.5 Å². The highest BCUT2D eigenvalue weighted by atomic mass is 16.5. The molecule has 0 aliphatic carbocycles. The molecule has 31 heavy (non-hydrogen) atoms. The second-order valence-corrected chi connectivity index (χ2v) is 6.96. The van der Waals surface area contributed by atoms with Gasteiger partial charge in [0.15, 0.2) is 11.3 Å². The molecule has 0 spiro atoms. The summed E-state index contributed by atoms with van der Waals surface area (Å²) in [4.78, 5) is 12.8. The Morgan fingerprint density at radius 2 is 1.58 bits per heavy atom. The molecule has 1 N–H and O–H groups in total. The summed E-state index contributed by atoms with van der Waals surface area (Å²) in [6.45, 7) is 3.85. The van der Waals surface area contributed by atoms with Crippen LogP contribution in [-0.2, 0) is 6.42 Å². The van der Waals surface area contributed by atoms with Crippen molar-refractivity contribution in [1.29, 1.82) is 0 Å². The molecular formula is C23H23N5O3. The van der Waals surface area contributed by atoms with E-state index in [1.54, 1.807) is 43.0 Å². The maximum Gasteiger partial charge on any atom is 0.278 e. The van der Waals surface area contributed by atoms with E-state index in [4.69, 9.17) is 14.6 Å². The van der Waals surface area contributed by atoms with Crippen LogP contribution in [0.25, 0.3) is 16.8 Å². The number of methoxy groups -OCH3 is 2. The zero-order valence-electron chi connectivity index (χ0n) is 17.8. The van der Waals surface area contributed by atoms with Crippen LogP contribution in [0.5, 0.6) is 11.5 Å². The summed E-state index contributed by atoms with van der Waals surface area (Å²) in [5.41, 5.74) is 4.84. The predicted molar refractivity (Wildman–Crippen MR) is 118 cm³/mol. The van der Waals surface area contributed by atoms with E-state index in [-0.39, 0.29) is 11.6 Å². The molecule has 2 aromatic carbocycles. The van der Waals surface area contributed by atoms with Crippen LogP contribution in [0.15, 0.2) is 48.5 Å². The second-order valence-electron chi connectivity index (χ2n) is 6.96. The molecular weight excluding hydrogens is 394 g/mol. The fourth-order valence-corrected chi connectivity index (χ4v) is 3.42. The Morgan fingerprint density at radius 1 is 0.968 bits per heavy atom. The van der Waals surface area contributed by atoms with Crippen LogP contribution < -0.4 is 14.8 Å². The van der Waals surface area contributed by atoms with Gasteiger partial charge in [0.1, 0.15) is 11.5 Å². The van der Waals surface area contributed by atoms with E-state index < -0.39 is 0 Å². The molecule has 0 fully saturated rings. The van der Waals surface area contributed by atoms with Crippen molar-refractivity contribution in [1.82, 2.24) is 19.8 Å². The van der Waals surface area contributed by atoms with Crippen LogP contribution in [0, 0.1) is 6.92 Å². The van der Waals surface area contributed by atoms with Gasteiger partial charge >= 0.3 is 0 Å². The number of anilines is 1. The van der Waals surface area contributed by atoms with Crippen molar-refractivity contribution in [3.63, 3.8) is 0 Å². The van der Waals surface area contributed by atoms with Crippen LogP contribution in [0.1, 0.15) is 28.8 Å². The van der Waals surface area contributed by atoms with Gasteiger partial charge in [0.25, 0.3) is 5.91 Å². The van der Waals surface area contributed by atoms with Gasteiger partial charge in [-0.2, -0.15) is 5.10 Å². The average Bonchev–Trinajstić information content (AvgIpc) is 3.19. The Bertz CT molecular complexity index is 1230. The number of aromatic nitrogens is 4.